The summed E-state index contributed by atoms with van der Waals surface area (Å²) >= 11 is 0. The molecule has 3 rings (SSSR count). The van der Waals surface area contributed by atoms with E-state index in [0.29, 0.717) is 12.6 Å². The Labute approximate surface area is 108 Å². The van der Waals surface area contributed by atoms with Gasteiger partial charge in [0.25, 0.3) is 0 Å². The smallest absolute Gasteiger partial charge is 0.225 e. The summed E-state index contributed by atoms with van der Waals surface area (Å²) in [5, 5.41) is 0. The van der Waals surface area contributed by atoms with Crippen molar-refractivity contribution in [3.63, 3.8) is 0 Å². The zero-order chi connectivity index (χ0) is 12.4. The van der Waals surface area contributed by atoms with Crippen LogP contribution in [0.5, 0.6) is 0 Å². The van der Waals surface area contributed by atoms with E-state index in [1.807, 2.05) is 12.3 Å². The number of fused-ring (bicyclic) bond motifs is 1. The summed E-state index contributed by atoms with van der Waals surface area (Å²) in [7, 11) is 0. The van der Waals surface area contributed by atoms with Gasteiger partial charge in [-0.25, -0.2) is 9.97 Å². The first kappa shape index (κ1) is 11.9. The molecule has 0 spiro atoms. The van der Waals surface area contributed by atoms with Crippen LogP contribution in [0.25, 0.3) is 0 Å². The molecule has 1 atom stereocenters. The summed E-state index contributed by atoms with van der Waals surface area (Å²) in [6.45, 7) is 4.99. The number of hydrogen-bond donors (Lipinski definition) is 1. The molecule has 0 radical (unpaired) electrons. The molecular formula is C13H21N5. The summed E-state index contributed by atoms with van der Waals surface area (Å²) < 4.78 is 0. The van der Waals surface area contributed by atoms with Gasteiger partial charge in [0.15, 0.2) is 0 Å². The number of rotatable bonds is 2. The van der Waals surface area contributed by atoms with Gasteiger partial charge in [-0.1, -0.05) is 6.42 Å². The first-order valence-electron chi connectivity index (χ1n) is 6.88. The third kappa shape index (κ3) is 2.33. The van der Waals surface area contributed by atoms with Crippen molar-refractivity contribution in [3.8, 4) is 0 Å². The van der Waals surface area contributed by atoms with Crippen LogP contribution in [-0.4, -0.2) is 47.1 Å². The third-order valence-corrected chi connectivity index (χ3v) is 4.03. The van der Waals surface area contributed by atoms with E-state index in [0.717, 1.165) is 31.3 Å². The highest BCUT2D eigenvalue weighted by Gasteiger charge is 2.29. The second-order valence-electron chi connectivity index (χ2n) is 5.18. The molecule has 0 amide bonds. The minimum Gasteiger partial charge on any atom is -0.338 e. The maximum absolute atomic E-state index is 5.64. The molecule has 98 valence electrons. The number of piperidine rings is 1. The Morgan fingerprint density at radius 1 is 1.28 bits per heavy atom. The van der Waals surface area contributed by atoms with Crippen LogP contribution < -0.4 is 10.6 Å². The van der Waals surface area contributed by atoms with Gasteiger partial charge in [-0.05, 0) is 25.5 Å². The normalized spacial score (nSPS) is 24.9. The lowest BCUT2D eigenvalue weighted by Crippen LogP contribution is -2.55. The van der Waals surface area contributed by atoms with Gasteiger partial charge in [-0.3, -0.25) is 4.90 Å². The molecular weight excluding hydrogens is 226 g/mol. The van der Waals surface area contributed by atoms with E-state index in [1.165, 1.54) is 25.8 Å². The lowest BCUT2D eigenvalue weighted by atomic mass is 10.00. The molecule has 0 bridgehead atoms. The highest BCUT2D eigenvalue weighted by Crippen LogP contribution is 2.23. The zero-order valence-corrected chi connectivity index (χ0v) is 10.8. The maximum atomic E-state index is 5.64. The average molecular weight is 247 g/mol. The Bertz CT molecular complexity index is 408. The predicted molar refractivity (Wildman–Crippen MR) is 71.3 cm³/mol. The van der Waals surface area contributed by atoms with Gasteiger partial charge < -0.3 is 10.6 Å². The molecule has 3 heterocycles. The van der Waals surface area contributed by atoms with Crippen molar-refractivity contribution < 1.29 is 0 Å². The second-order valence-corrected chi connectivity index (χ2v) is 5.18. The standard InChI is InChI=1S/C13H21N5/c14-9-11-4-5-15-13(16-11)18-8-7-17-6-2-1-3-12(17)10-18/h4-5,12H,1-3,6-10,14H2. The Morgan fingerprint density at radius 2 is 2.22 bits per heavy atom. The Kier molecular flexibility index (Phi) is 3.43. The van der Waals surface area contributed by atoms with Crippen LogP contribution in [0.1, 0.15) is 25.0 Å². The van der Waals surface area contributed by atoms with Crippen molar-refractivity contribution in [2.24, 2.45) is 5.73 Å². The van der Waals surface area contributed by atoms with Gasteiger partial charge >= 0.3 is 0 Å². The van der Waals surface area contributed by atoms with E-state index in [1.54, 1.807) is 0 Å². The topological polar surface area (TPSA) is 58.3 Å². The minimum atomic E-state index is 0.485. The van der Waals surface area contributed by atoms with Gasteiger partial charge in [-0.15, -0.1) is 0 Å². The summed E-state index contributed by atoms with van der Waals surface area (Å²) in [5.41, 5.74) is 6.56. The summed E-state index contributed by atoms with van der Waals surface area (Å²) in [6.07, 6.45) is 5.85. The van der Waals surface area contributed by atoms with Crippen LogP contribution >= 0.6 is 0 Å². The largest absolute Gasteiger partial charge is 0.338 e. The van der Waals surface area contributed by atoms with Crippen molar-refractivity contribution in [3.05, 3.63) is 18.0 Å². The third-order valence-electron chi connectivity index (χ3n) is 4.03. The number of aromatic nitrogens is 2. The molecule has 0 aromatic carbocycles. The predicted octanol–water partition coefficient (Wildman–Crippen LogP) is 0.610. The molecule has 1 aromatic rings. The summed E-state index contributed by atoms with van der Waals surface area (Å²) in [4.78, 5) is 13.8. The Balaban J connectivity index is 1.72. The van der Waals surface area contributed by atoms with Gasteiger partial charge in [-0.2, -0.15) is 0 Å². The van der Waals surface area contributed by atoms with E-state index in [-0.39, 0.29) is 0 Å². The van der Waals surface area contributed by atoms with E-state index in [4.69, 9.17) is 5.73 Å². The first-order valence-corrected chi connectivity index (χ1v) is 6.88. The Hall–Kier alpha value is -1.20. The Morgan fingerprint density at radius 3 is 3.11 bits per heavy atom. The van der Waals surface area contributed by atoms with Crippen LogP contribution in [0.3, 0.4) is 0 Å². The highest BCUT2D eigenvalue weighted by atomic mass is 15.3. The number of piperazine rings is 1. The van der Waals surface area contributed by atoms with Crippen LogP contribution in [-0.2, 0) is 6.54 Å². The van der Waals surface area contributed by atoms with Crippen molar-refractivity contribution in [1.82, 2.24) is 14.9 Å². The highest BCUT2D eigenvalue weighted by molar-refractivity contribution is 5.31. The van der Waals surface area contributed by atoms with Gasteiger partial charge in [0.2, 0.25) is 5.95 Å². The molecule has 0 saturated carbocycles. The molecule has 0 aliphatic carbocycles. The second kappa shape index (κ2) is 5.20. The molecule has 2 fully saturated rings. The first-order chi connectivity index (χ1) is 8.86. The van der Waals surface area contributed by atoms with E-state index >= 15 is 0 Å². The minimum absolute atomic E-state index is 0.485. The molecule has 2 aliphatic rings. The SMILES string of the molecule is NCc1ccnc(N2CCN3CCCCC3C2)n1. The van der Waals surface area contributed by atoms with Crippen molar-refractivity contribution in [1.29, 1.82) is 0 Å². The summed E-state index contributed by atoms with van der Waals surface area (Å²) in [6, 6.07) is 2.58. The van der Waals surface area contributed by atoms with Crippen LogP contribution in [0.2, 0.25) is 0 Å². The lowest BCUT2D eigenvalue weighted by Gasteiger charge is -2.44. The molecule has 1 unspecified atom stereocenters. The molecule has 5 nitrogen and oxygen atoms in total. The van der Waals surface area contributed by atoms with Crippen molar-refractivity contribution in [2.75, 3.05) is 31.1 Å². The number of hydrogen-bond acceptors (Lipinski definition) is 5. The van der Waals surface area contributed by atoms with Crippen molar-refractivity contribution in [2.45, 2.75) is 31.8 Å². The molecule has 5 heteroatoms. The quantitative estimate of drug-likeness (QED) is 0.830. The number of nitrogens with two attached hydrogens (primary N) is 1. The fraction of sp³-hybridized carbons (Fsp3) is 0.692. The summed E-state index contributed by atoms with van der Waals surface area (Å²) in [5.74, 6) is 0.850. The number of anilines is 1. The molecule has 1 aromatic heterocycles. The van der Waals surface area contributed by atoms with Gasteiger partial charge in [0.05, 0.1) is 5.69 Å². The lowest BCUT2D eigenvalue weighted by molar-refractivity contribution is 0.133. The van der Waals surface area contributed by atoms with Gasteiger partial charge in [0.1, 0.15) is 0 Å². The van der Waals surface area contributed by atoms with Crippen LogP contribution in [0, 0.1) is 0 Å². The fourth-order valence-corrected chi connectivity index (χ4v) is 2.99. The monoisotopic (exact) mass is 247 g/mol. The van der Waals surface area contributed by atoms with E-state index in [9.17, 15) is 0 Å². The van der Waals surface area contributed by atoms with Crippen molar-refractivity contribution >= 4 is 5.95 Å². The average Bonchev–Trinajstić information content (AvgIpc) is 2.47. The zero-order valence-electron chi connectivity index (χ0n) is 10.8. The number of nitrogens with zero attached hydrogens (tertiary/aromatic N) is 4. The molecule has 2 aliphatic heterocycles. The fourth-order valence-electron chi connectivity index (χ4n) is 2.99. The van der Waals surface area contributed by atoms with E-state index in [2.05, 4.69) is 19.8 Å². The molecule has 2 saturated heterocycles. The van der Waals surface area contributed by atoms with Crippen LogP contribution in [0.15, 0.2) is 12.3 Å². The van der Waals surface area contributed by atoms with E-state index < -0.39 is 0 Å². The van der Waals surface area contributed by atoms with Gasteiger partial charge in [0, 0.05) is 38.4 Å². The molecule has 18 heavy (non-hydrogen) atoms. The van der Waals surface area contributed by atoms with Crippen LogP contribution in [0.4, 0.5) is 5.95 Å². The maximum Gasteiger partial charge on any atom is 0.225 e. The molecule has 2 N–H and O–H groups in total.